The van der Waals surface area contributed by atoms with E-state index in [-0.39, 0.29) is 75.5 Å². The molecule has 0 saturated heterocycles. The van der Waals surface area contributed by atoms with Crippen molar-refractivity contribution in [3.05, 3.63) is 71.8 Å². The molecule has 2 aromatic carbocycles. The molecular formula is C65H103N19O17S2. The minimum absolute atomic E-state index is 0.00452. The number of aliphatic hydroxyl groups is 1. The van der Waals surface area contributed by atoms with Crippen molar-refractivity contribution >= 4 is 118 Å². The highest BCUT2D eigenvalue weighted by Gasteiger charge is 2.38. The van der Waals surface area contributed by atoms with Crippen LogP contribution in [0.5, 0.6) is 0 Å². The van der Waals surface area contributed by atoms with Crippen molar-refractivity contribution in [2.24, 2.45) is 45.3 Å². The van der Waals surface area contributed by atoms with Crippen molar-refractivity contribution in [3.63, 3.8) is 0 Å². The highest BCUT2D eigenvalue weighted by Crippen LogP contribution is 2.13. The van der Waals surface area contributed by atoms with E-state index in [1.807, 2.05) is 0 Å². The number of carboxylic acids is 1. The molecule has 2 rings (SSSR count). The quantitative estimate of drug-likeness (QED) is 0.0166. The van der Waals surface area contributed by atoms with Gasteiger partial charge in [-0.05, 0) is 113 Å². The SMILES string of the molecule is CSCC[C@H](NC(=O)[C@H](CCC(=O)O)NC(=O)[C@@H](NC(=O)[C@H](CC(N)=O)NC(=O)[C@H](CCCCN)NC(=O)[C@H](Cc1ccccc1)NC(=O)CN)C(C)C)C(=O)N[C@@H](CCSC)C(=O)N[C@H](C(=O)N[C@@H](C)C(=O)N[C@@H](CCCN=C(N)N)C(=O)NCC(=O)N[C@@H](Cc1ccccc1)C(N)=O)[C@@H](C)O. The molecule has 38 heteroatoms. The summed E-state index contributed by atoms with van der Waals surface area (Å²) in [7, 11) is 0. The van der Waals surface area contributed by atoms with Gasteiger partial charge in [0, 0.05) is 25.8 Å². The van der Waals surface area contributed by atoms with Gasteiger partial charge in [-0.3, -0.25) is 76.9 Å². The third-order valence-corrected chi connectivity index (χ3v) is 16.8. The maximum atomic E-state index is 14.3. The number of nitrogens with one attached hydrogen (secondary N) is 12. The largest absolute Gasteiger partial charge is 0.481 e. The molecule has 0 aliphatic rings. The molecule has 0 fully saturated rings. The number of aliphatic hydroxyl groups excluding tert-OH is 1. The van der Waals surface area contributed by atoms with E-state index >= 15 is 0 Å². The number of carbonyl (C=O) groups is 15. The van der Waals surface area contributed by atoms with Gasteiger partial charge in [-0.25, -0.2) is 0 Å². The first kappa shape index (κ1) is 89.4. The third-order valence-electron chi connectivity index (χ3n) is 15.5. The number of thioether (sulfide) groups is 2. The molecule has 0 aromatic heterocycles. The van der Waals surface area contributed by atoms with Gasteiger partial charge in [-0.1, -0.05) is 74.5 Å². The minimum atomic E-state index is -1.79. The van der Waals surface area contributed by atoms with Crippen molar-refractivity contribution in [3.8, 4) is 0 Å². The van der Waals surface area contributed by atoms with E-state index in [0.717, 1.165) is 6.92 Å². The fourth-order valence-electron chi connectivity index (χ4n) is 9.88. The summed E-state index contributed by atoms with van der Waals surface area (Å²) in [6.07, 6.45) is 0.199. The number of nitrogens with two attached hydrogens (primary N) is 6. The Kier molecular flexibility index (Phi) is 41.9. The van der Waals surface area contributed by atoms with Gasteiger partial charge < -0.3 is 108 Å². The summed E-state index contributed by atoms with van der Waals surface area (Å²) in [5, 5.41) is 50.4. The molecule has 14 amide bonds. The van der Waals surface area contributed by atoms with Crippen LogP contribution >= 0.6 is 23.5 Å². The maximum absolute atomic E-state index is 14.3. The number of aliphatic imine (C=N–C) groups is 1. The van der Waals surface area contributed by atoms with Crippen LogP contribution in [0, 0.1) is 5.92 Å². The van der Waals surface area contributed by atoms with E-state index in [9.17, 15) is 82.1 Å². The van der Waals surface area contributed by atoms with Gasteiger partial charge in [0.2, 0.25) is 82.7 Å². The lowest BCUT2D eigenvalue weighted by Crippen LogP contribution is -2.62. The Morgan fingerprint density at radius 2 is 0.883 bits per heavy atom. The topological polar surface area (TPSA) is 609 Å². The Bertz CT molecular complexity index is 3190. The summed E-state index contributed by atoms with van der Waals surface area (Å²) in [5.41, 5.74) is 34.6. The molecule has 0 unspecified atom stereocenters. The summed E-state index contributed by atoms with van der Waals surface area (Å²) >= 11 is 2.53. The number of aliphatic carboxylic acids is 1. The highest BCUT2D eigenvalue weighted by molar-refractivity contribution is 7.98. The minimum Gasteiger partial charge on any atom is -0.481 e. The molecule has 0 radical (unpaired) electrons. The maximum Gasteiger partial charge on any atom is 0.303 e. The second kappa shape index (κ2) is 48.3. The van der Waals surface area contributed by atoms with Crippen LogP contribution in [0.3, 0.4) is 0 Å². The fraction of sp³-hybridized carbons (Fsp3) is 0.569. The number of primary amides is 2. The standard InChI is InChI=1S/C65H103N19O17S2/c1-35(2)52(83-62(99)47(32-48(68)86)82-57(94)41(20-13-14-26-66)78-61(98)46(76-49(87)33-67)31-39-18-11-8-12-19-39)63(100)81-42(22-23-51(89)90)58(95)79-43(24-28-102-5)59(96)80-44(25-29-103-6)60(97)84-53(37(4)85)64(101)74-36(3)55(92)77-40(21-15-27-72-65(70)71)56(93)73-34-50(88)75-45(54(69)91)30-38-16-9-7-10-17-38/h7-12,16-19,35-37,40-47,52-53,85H,13-15,20-34,66-67H2,1-6H3,(H2,68,86)(H2,69,91)(H,73,93)(H,74,101)(H,75,88)(H,76,87)(H,77,92)(H,78,98)(H,79,95)(H,80,96)(H,81,100)(H,82,94)(H,83,99)(H,84,97)(H,89,90)(H4,70,71,72)/t36-,37+,40-,41-,42-,43-,44-,45-,46-,47-,52-,53-/m0/s1. The zero-order chi connectivity index (χ0) is 77.3. The summed E-state index contributed by atoms with van der Waals surface area (Å²) in [4.78, 5) is 206. The molecule has 0 saturated carbocycles. The number of carboxylic acid groups (broad SMARTS) is 1. The normalized spacial score (nSPS) is 14.5. The lowest BCUT2D eigenvalue weighted by Gasteiger charge is -2.29. The lowest BCUT2D eigenvalue weighted by atomic mass is 10.0. The van der Waals surface area contributed by atoms with Crippen LogP contribution < -0.4 is 98.2 Å². The summed E-state index contributed by atoms with van der Waals surface area (Å²) in [6.45, 7) is 4.51. The molecule has 103 heavy (non-hydrogen) atoms. The number of guanidine groups is 1. The van der Waals surface area contributed by atoms with E-state index < -0.39 is 200 Å². The van der Waals surface area contributed by atoms with Crippen molar-refractivity contribution in [2.75, 3.05) is 50.2 Å². The van der Waals surface area contributed by atoms with Gasteiger partial charge in [0.25, 0.3) is 0 Å². The van der Waals surface area contributed by atoms with Crippen LogP contribution in [-0.2, 0) is 84.8 Å². The smallest absolute Gasteiger partial charge is 0.303 e. The zero-order valence-corrected chi connectivity index (χ0v) is 60.4. The molecule has 0 heterocycles. The first-order valence-electron chi connectivity index (χ1n) is 33.3. The van der Waals surface area contributed by atoms with E-state index in [1.54, 1.807) is 73.2 Å². The zero-order valence-electron chi connectivity index (χ0n) is 58.8. The summed E-state index contributed by atoms with van der Waals surface area (Å²) < 4.78 is 0. The van der Waals surface area contributed by atoms with Crippen molar-refractivity contribution in [1.29, 1.82) is 0 Å². The van der Waals surface area contributed by atoms with Gasteiger partial charge in [0.1, 0.15) is 66.5 Å². The molecule has 0 spiro atoms. The number of rotatable bonds is 50. The Hall–Kier alpha value is -9.66. The van der Waals surface area contributed by atoms with E-state index in [0.29, 0.717) is 24.0 Å². The van der Waals surface area contributed by atoms with E-state index in [2.05, 4.69) is 68.8 Å². The molecular weight excluding hydrogens is 1380 g/mol. The predicted molar refractivity (Wildman–Crippen MR) is 384 cm³/mol. The highest BCUT2D eigenvalue weighted by atomic mass is 32.2. The van der Waals surface area contributed by atoms with Gasteiger partial charge in [0.05, 0.1) is 25.6 Å². The first-order valence-corrected chi connectivity index (χ1v) is 36.1. The first-order chi connectivity index (χ1) is 48.7. The van der Waals surface area contributed by atoms with Gasteiger partial charge in [0.15, 0.2) is 5.96 Å². The monoisotopic (exact) mass is 1490 g/mol. The van der Waals surface area contributed by atoms with E-state index in [1.165, 1.54) is 44.3 Å². The molecule has 36 nitrogen and oxygen atoms in total. The van der Waals surface area contributed by atoms with Crippen molar-refractivity contribution in [1.82, 2.24) is 63.8 Å². The van der Waals surface area contributed by atoms with Crippen LogP contribution in [0.2, 0.25) is 0 Å². The number of hydrogen-bond donors (Lipinski definition) is 20. The average Bonchev–Trinajstić information content (AvgIpc) is 0.858. The molecule has 12 atom stereocenters. The Labute approximate surface area is 606 Å². The summed E-state index contributed by atoms with van der Waals surface area (Å²) in [6, 6.07) is 0.950. The number of hydrogen-bond acceptors (Lipinski definition) is 21. The molecule has 26 N–H and O–H groups in total. The lowest BCUT2D eigenvalue weighted by molar-refractivity contribution is -0.139. The van der Waals surface area contributed by atoms with Crippen molar-refractivity contribution in [2.45, 2.75) is 177 Å². The Balaban J connectivity index is 2.36. The van der Waals surface area contributed by atoms with Crippen LogP contribution in [0.4, 0.5) is 0 Å². The summed E-state index contributed by atoms with van der Waals surface area (Å²) in [5.74, 6) is -15.2. The number of nitrogens with zero attached hydrogens (tertiary/aromatic N) is 1. The van der Waals surface area contributed by atoms with E-state index in [4.69, 9.17) is 34.4 Å². The van der Waals surface area contributed by atoms with Gasteiger partial charge in [-0.2, -0.15) is 23.5 Å². The Morgan fingerprint density at radius 1 is 0.456 bits per heavy atom. The number of unbranched alkanes of at least 4 members (excludes halogenated alkanes) is 1. The van der Waals surface area contributed by atoms with Crippen molar-refractivity contribution < 1.29 is 82.1 Å². The second-order valence-corrected chi connectivity index (χ2v) is 26.4. The molecule has 0 aliphatic carbocycles. The van der Waals surface area contributed by atoms with Crippen LogP contribution in [0.25, 0.3) is 0 Å². The predicted octanol–water partition coefficient (Wildman–Crippen LogP) is -6.15. The molecule has 2 aromatic rings. The van der Waals surface area contributed by atoms with Crippen LogP contribution in [0.1, 0.15) is 103 Å². The molecule has 572 valence electrons. The molecule has 0 bridgehead atoms. The number of carbonyl (C=O) groups excluding carboxylic acids is 14. The number of amides is 14. The average molecular weight is 1490 g/mol. The van der Waals surface area contributed by atoms with Crippen LogP contribution in [0.15, 0.2) is 65.7 Å². The molecule has 0 aliphatic heterocycles. The second-order valence-electron chi connectivity index (χ2n) is 24.4. The van der Waals surface area contributed by atoms with Gasteiger partial charge in [-0.15, -0.1) is 0 Å². The Morgan fingerprint density at radius 3 is 1.36 bits per heavy atom. The van der Waals surface area contributed by atoms with Crippen LogP contribution in [-0.4, -0.2) is 228 Å². The number of benzene rings is 2. The van der Waals surface area contributed by atoms with Gasteiger partial charge >= 0.3 is 5.97 Å². The fourth-order valence-corrected chi connectivity index (χ4v) is 10.8. The third kappa shape index (κ3) is 35.2.